The van der Waals surface area contributed by atoms with Gasteiger partial charge >= 0.3 is 0 Å². The van der Waals surface area contributed by atoms with Crippen LogP contribution in [0.3, 0.4) is 0 Å². The van der Waals surface area contributed by atoms with Crippen molar-refractivity contribution in [1.29, 1.82) is 0 Å². The molecule has 0 unspecified atom stereocenters. The molecule has 0 atom stereocenters. The molecule has 0 aliphatic carbocycles. The van der Waals surface area contributed by atoms with E-state index in [-0.39, 0.29) is 18.0 Å². The molecule has 2 rings (SSSR count). The molecule has 7 heteroatoms. The first-order valence-electron chi connectivity index (χ1n) is 5.77. The average molecular weight is 355 g/mol. The van der Waals surface area contributed by atoms with E-state index in [9.17, 15) is 14.9 Å². The standard InChI is InChI=1S/C13H11BrN2O3S/c14-10-6-12(20-8-10)7-15-13(17)5-9-2-1-3-11(4-9)16(18)19/h1-4,6,8H,5,7H2,(H,15,17). The average Bonchev–Trinajstić information content (AvgIpc) is 2.82. The Morgan fingerprint density at radius 1 is 1.40 bits per heavy atom. The quantitative estimate of drug-likeness (QED) is 0.661. The van der Waals surface area contributed by atoms with E-state index >= 15 is 0 Å². The third-order valence-electron chi connectivity index (χ3n) is 2.57. The van der Waals surface area contributed by atoms with Gasteiger partial charge in [0.2, 0.25) is 5.91 Å². The lowest BCUT2D eigenvalue weighted by molar-refractivity contribution is -0.384. The van der Waals surface area contributed by atoms with Gasteiger partial charge in [-0.25, -0.2) is 0 Å². The van der Waals surface area contributed by atoms with E-state index in [1.54, 1.807) is 23.5 Å². The Morgan fingerprint density at radius 3 is 2.85 bits per heavy atom. The summed E-state index contributed by atoms with van der Waals surface area (Å²) in [6.07, 6.45) is 0.133. The second-order valence-corrected chi connectivity index (χ2v) is 6.02. The Balaban J connectivity index is 1.91. The van der Waals surface area contributed by atoms with Crippen LogP contribution in [0.15, 0.2) is 40.2 Å². The Hall–Kier alpha value is -1.73. The molecule has 0 saturated heterocycles. The van der Waals surface area contributed by atoms with Gasteiger partial charge in [0.05, 0.1) is 17.9 Å². The zero-order valence-corrected chi connectivity index (χ0v) is 12.7. The van der Waals surface area contributed by atoms with E-state index in [0.717, 1.165) is 9.35 Å². The lowest BCUT2D eigenvalue weighted by Crippen LogP contribution is -2.24. The smallest absolute Gasteiger partial charge is 0.269 e. The summed E-state index contributed by atoms with van der Waals surface area (Å²) < 4.78 is 0.991. The number of benzene rings is 1. The van der Waals surface area contributed by atoms with Gasteiger partial charge in [0.1, 0.15) is 0 Å². The fourth-order valence-corrected chi connectivity index (χ4v) is 3.05. The van der Waals surface area contributed by atoms with E-state index in [1.807, 2.05) is 11.4 Å². The summed E-state index contributed by atoms with van der Waals surface area (Å²) in [6.45, 7) is 0.462. The van der Waals surface area contributed by atoms with Crippen LogP contribution < -0.4 is 5.32 Å². The first-order chi connectivity index (χ1) is 9.54. The van der Waals surface area contributed by atoms with Crippen LogP contribution in [-0.2, 0) is 17.8 Å². The van der Waals surface area contributed by atoms with Gasteiger partial charge in [0.15, 0.2) is 0 Å². The number of amides is 1. The maximum absolute atomic E-state index is 11.8. The number of thiophene rings is 1. The van der Waals surface area contributed by atoms with Crippen molar-refractivity contribution in [3.8, 4) is 0 Å². The second-order valence-electron chi connectivity index (χ2n) is 4.11. The number of rotatable bonds is 5. The van der Waals surface area contributed by atoms with Gasteiger partial charge in [0, 0.05) is 26.9 Å². The van der Waals surface area contributed by atoms with E-state index in [4.69, 9.17) is 0 Å². The maximum Gasteiger partial charge on any atom is 0.269 e. The van der Waals surface area contributed by atoms with Crippen molar-refractivity contribution >= 4 is 38.9 Å². The minimum absolute atomic E-state index is 0.00233. The Bertz CT molecular complexity index is 642. The van der Waals surface area contributed by atoms with Crippen LogP contribution in [-0.4, -0.2) is 10.8 Å². The molecule has 2 aromatic rings. The molecule has 0 fully saturated rings. The van der Waals surface area contributed by atoms with Crippen LogP contribution in [0, 0.1) is 10.1 Å². The molecular formula is C13H11BrN2O3S. The molecule has 0 radical (unpaired) electrons. The molecule has 0 aliphatic rings. The molecule has 5 nitrogen and oxygen atoms in total. The van der Waals surface area contributed by atoms with Crippen LogP contribution >= 0.6 is 27.3 Å². The molecule has 0 aliphatic heterocycles. The fraction of sp³-hybridized carbons (Fsp3) is 0.154. The minimum atomic E-state index is -0.468. The third-order valence-corrected chi connectivity index (χ3v) is 4.27. The first-order valence-corrected chi connectivity index (χ1v) is 7.45. The van der Waals surface area contributed by atoms with Gasteiger partial charge in [-0.1, -0.05) is 12.1 Å². The molecule has 0 spiro atoms. The zero-order valence-electron chi connectivity index (χ0n) is 10.3. The predicted octanol–water partition coefficient (Wildman–Crippen LogP) is 3.28. The number of nitrogens with one attached hydrogen (secondary N) is 1. The van der Waals surface area contributed by atoms with E-state index in [0.29, 0.717) is 12.1 Å². The van der Waals surface area contributed by atoms with Crippen LogP contribution in [0.4, 0.5) is 5.69 Å². The number of nitro benzene ring substituents is 1. The molecular weight excluding hydrogens is 344 g/mol. The van der Waals surface area contributed by atoms with Crippen molar-refractivity contribution in [2.45, 2.75) is 13.0 Å². The molecule has 104 valence electrons. The minimum Gasteiger partial charge on any atom is -0.351 e. The van der Waals surface area contributed by atoms with Gasteiger partial charge in [-0.3, -0.25) is 14.9 Å². The van der Waals surface area contributed by atoms with E-state index < -0.39 is 4.92 Å². The normalized spacial score (nSPS) is 10.2. The van der Waals surface area contributed by atoms with Gasteiger partial charge in [-0.05, 0) is 27.6 Å². The Labute approximate surface area is 127 Å². The summed E-state index contributed by atoms with van der Waals surface area (Å²) in [6, 6.07) is 8.05. The summed E-state index contributed by atoms with van der Waals surface area (Å²) in [4.78, 5) is 23.0. The second kappa shape index (κ2) is 6.62. The number of nitrogens with zero attached hydrogens (tertiary/aromatic N) is 1. The molecule has 0 saturated carbocycles. The summed E-state index contributed by atoms with van der Waals surface area (Å²) in [7, 11) is 0. The highest BCUT2D eigenvalue weighted by atomic mass is 79.9. The SMILES string of the molecule is O=C(Cc1cccc([N+](=O)[O-])c1)NCc1cc(Br)cs1. The summed E-state index contributed by atoms with van der Waals surface area (Å²) >= 11 is 4.90. The fourth-order valence-electron chi connectivity index (χ4n) is 1.66. The molecule has 1 aromatic heterocycles. The van der Waals surface area contributed by atoms with Crippen molar-refractivity contribution in [3.05, 3.63) is 60.7 Å². The molecule has 1 amide bonds. The Morgan fingerprint density at radius 2 is 2.20 bits per heavy atom. The van der Waals surface area contributed by atoms with Crippen molar-refractivity contribution < 1.29 is 9.72 Å². The number of hydrogen-bond donors (Lipinski definition) is 1. The highest BCUT2D eigenvalue weighted by Gasteiger charge is 2.09. The number of carbonyl (C=O) groups is 1. The number of carbonyl (C=O) groups excluding carboxylic acids is 1. The van der Waals surface area contributed by atoms with E-state index in [2.05, 4.69) is 21.2 Å². The largest absolute Gasteiger partial charge is 0.351 e. The predicted molar refractivity (Wildman–Crippen MR) is 80.7 cm³/mol. The third kappa shape index (κ3) is 4.14. The molecule has 1 heterocycles. The first kappa shape index (κ1) is 14.7. The highest BCUT2D eigenvalue weighted by molar-refractivity contribution is 9.10. The van der Waals surface area contributed by atoms with E-state index in [1.165, 1.54) is 12.1 Å². The van der Waals surface area contributed by atoms with Crippen molar-refractivity contribution in [3.63, 3.8) is 0 Å². The molecule has 20 heavy (non-hydrogen) atoms. The molecule has 1 N–H and O–H groups in total. The number of nitro groups is 1. The summed E-state index contributed by atoms with van der Waals surface area (Å²) in [5.41, 5.74) is 0.626. The van der Waals surface area contributed by atoms with Gasteiger partial charge < -0.3 is 5.32 Å². The van der Waals surface area contributed by atoms with Gasteiger partial charge in [-0.15, -0.1) is 11.3 Å². The molecule has 0 bridgehead atoms. The summed E-state index contributed by atoms with van der Waals surface area (Å²) in [5.74, 6) is -0.157. The lowest BCUT2D eigenvalue weighted by atomic mass is 10.1. The number of halogens is 1. The van der Waals surface area contributed by atoms with Gasteiger partial charge in [-0.2, -0.15) is 0 Å². The molecule has 1 aromatic carbocycles. The zero-order chi connectivity index (χ0) is 14.5. The Kier molecular flexibility index (Phi) is 4.86. The van der Waals surface area contributed by atoms with Crippen LogP contribution in [0.25, 0.3) is 0 Å². The van der Waals surface area contributed by atoms with Crippen molar-refractivity contribution in [1.82, 2.24) is 5.32 Å². The monoisotopic (exact) mass is 354 g/mol. The summed E-state index contributed by atoms with van der Waals surface area (Å²) in [5, 5.41) is 15.4. The van der Waals surface area contributed by atoms with Crippen LogP contribution in [0.1, 0.15) is 10.4 Å². The maximum atomic E-state index is 11.8. The van der Waals surface area contributed by atoms with Crippen molar-refractivity contribution in [2.75, 3.05) is 0 Å². The number of non-ortho nitro benzene ring substituents is 1. The van der Waals surface area contributed by atoms with Crippen LogP contribution in [0.2, 0.25) is 0 Å². The van der Waals surface area contributed by atoms with Crippen molar-refractivity contribution in [2.24, 2.45) is 0 Å². The topological polar surface area (TPSA) is 72.2 Å². The highest BCUT2D eigenvalue weighted by Crippen LogP contribution is 2.19. The van der Waals surface area contributed by atoms with Gasteiger partial charge in [0.25, 0.3) is 5.69 Å². The number of hydrogen-bond acceptors (Lipinski definition) is 4. The lowest BCUT2D eigenvalue weighted by Gasteiger charge is -2.03. The van der Waals surface area contributed by atoms with Crippen LogP contribution in [0.5, 0.6) is 0 Å².